The molecule has 104 valence electrons. The molecule has 0 radical (unpaired) electrons. The quantitative estimate of drug-likeness (QED) is 0.831. The molecule has 2 rings (SSSR count). The number of carbonyl (C=O) groups excluding carboxylic acids is 1. The van der Waals surface area contributed by atoms with Crippen molar-refractivity contribution in [3.05, 3.63) is 29.8 Å². The van der Waals surface area contributed by atoms with Crippen LogP contribution in [0.15, 0.2) is 29.2 Å². The lowest BCUT2D eigenvalue weighted by atomic mass is 9.95. The largest absolute Gasteiger partial charge is 0.349 e. The molecule has 0 unspecified atom stereocenters. The average Bonchev–Trinajstić information content (AvgIpc) is 2.39. The first kappa shape index (κ1) is 14.0. The number of benzene rings is 1. The van der Waals surface area contributed by atoms with Crippen molar-refractivity contribution >= 4 is 16.0 Å². The molecule has 0 saturated heterocycles. The summed E-state index contributed by atoms with van der Waals surface area (Å²) in [7, 11) is -4.27. The second-order valence-corrected chi connectivity index (χ2v) is 6.23. The van der Waals surface area contributed by atoms with Crippen molar-refractivity contribution in [3.63, 3.8) is 0 Å². The highest BCUT2D eigenvalue weighted by Crippen LogP contribution is 2.18. The molecule has 0 atom stereocenters. The summed E-state index contributed by atoms with van der Waals surface area (Å²) < 4.78 is 31.0. The topological polar surface area (TPSA) is 83.5 Å². The van der Waals surface area contributed by atoms with E-state index in [1.807, 2.05) is 0 Å². The van der Waals surface area contributed by atoms with Gasteiger partial charge in [-0.05, 0) is 31.0 Å². The zero-order valence-corrected chi connectivity index (χ0v) is 11.3. The SMILES string of the molecule is O=C(NC1CCCCC1)c1cccc(S(=O)(=O)O)c1. The van der Waals surface area contributed by atoms with E-state index in [1.54, 1.807) is 0 Å². The van der Waals surface area contributed by atoms with E-state index < -0.39 is 10.1 Å². The molecule has 6 heteroatoms. The Bertz CT molecular complexity index is 562. The Balaban J connectivity index is 2.10. The Labute approximate surface area is 112 Å². The molecule has 2 N–H and O–H groups in total. The maximum absolute atomic E-state index is 12.0. The van der Waals surface area contributed by atoms with E-state index in [4.69, 9.17) is 4.55 Å². The van der Waals surface area contributed by atoms with Crippen LogP contribution in [0.3, 0.4) is 0 Å². The van der Waals surface area contributed by atoms with Crippen LogP contribution in [0, 0.1) is 0 Å². The van der Waals surface area contributed by atoms with Gasteiger partial charge in [0.1, 0.15) is 0 Å². The summed E-state index contributed by atoms with van der Waals surface area (Å²) in [6, 6.07) is 5.59. The third kappa shape index (κ3) is 3.78. The minimum absolute atomic E-state index is 0.163. The van der Waals surface area contributed by atoms with Gasteiger partial charge in [-0.15, -0.1) is 0 Å². The molecule has 0 aromatic heterocycles. The van der Waals surface area contributed by atoms with Gasteiger partial charge in [0, 0.05) is 11.6 Å². The van der Waals surface area contributed by atoms with Crippen LogP contribution in [0.2, 0.25) is 0 Å². The van der Waals surface area contributed by atoms with Crippen LogP contribution in [0.5, 0.6) is 0 Å². The van der Waals surface area contributed by atoms with Crippen LogP contribution in [0.25, 0.3) is 0 Å². The zero-order valence-electron chi connectivity index (χ0n) is 10.5. The van der Waals surface area contributed by atoms with Crippen LogP contribution >= 0.6 is 0 Å². The van der Waals surface area contributed by atoms with E-state index in [-0.39, 0.29) is 22.4 Å². The van der Waals surface area contributed by atoms with Gasteiger partial charge in [0.2, 0.25) is 0 Å². The maximum atomic E-state index is 12.0. The van der Waals surface area contributed by atoms with Crippen LogP contribution in [0.4, 0.5) is 0 Å². The first-order valence-electron chi connectivity index (χ1n) is 6.35. The summed E-state index contributed by atoms with van der Waals surface area (Å²) in [5.41, 5.74) is 0.251. The van der Waals surface area contributed by atoms with Crippen molar-refractivity contribution < 1.29 is 17.8 Å². The highest BCUT2D eigenvalue weighted by Gasteiger charge is 2.18. The predicted molar refractivity (Wildman–Crippen MR) is 70.6 cm³/mol. The Morgan fingerprint density at radius 2 is 1.89 bits per heavy atom. The average molecular weight is 283 g/mol. The number of carbonyl (C=O) groups is 1. The highest BCUT2D eigenvalue weighted by molar-refractivity contribution is 7.85. The van der Waals surface area contributed by atoms with Crippen molar-refractivity contribution in [2.75, 3.05) is 0 Å². The molecule has 19 heavy (non-hydrogen) atoms. The number of rotatable bonds is 3. The fourth-order valence-corrected chi connectivity index (χ4v) is 2.84. The van der Waals surface area contributed by atoms with Crippen LogP contribution < -0.4 is 5.32 Å². The summed E-state index contributed by atoms with van der Waals surface area (Å²) in [6.45, 7) is 0. The summed E-state index contributed by atoms with van der Waals surface area (Å²) >= 11 is 0. The van der Waals surface area contributed by atoms with Gasteiger partial charge in [-0.3, -0.25) is 9.35 Å². The molecule has 1 saturated carbocycles. The summed E-state index contributed by atoms with van der Waals surface area (Å²) in [5.74, 6) is -0.294. The van der Waals surface area contributed by atoms with Crippen LogP contribution in [-0.2, 0) is 10.1 Å². The molecular weight excluding hydrogens is 266 g/mol. The Hall–Kier alpha value is -1.40. The van der Waals surface area contributed by atoms with E-state index >= 15 is 0 Å². The van der Waals surface area contributed by atoms with Gasteiger partial charge in [-0.25, -0.2) is 0 Å². The molecule has 1 aromatic carbocycles. The minimum Gasteiger partial charge on any atom is -0.349 e. The molecule has 1 fully saturated rings. The van der Waals surface area contributed by atoms with Gasteiger partial charge in [0.05, 0.1) is 4.90 Å². The number of amides is 1. The fraction of sp³-hybridized carbons (Fsp3) is 0.462. The molecule has 1 aromatic rings. The third-order valence-corrected chi connectivity index (χ3v) is 4.18. The summed E-state index contributed by atoms with van der Waals surface area (Å²) in [6.07, 6.45) is 5.34. The predicted octanol–water partition coefficient (Wildman–Crippen LogP) is 2.00. The molecule has 0 aliphatic heterocycles. The lowest BCUT2D eigenvalue weighted by molar-refractivity contribution is 0.0927. The minimum atomic E-state index is -4.27. The maximum Gasteiger partial charge on any atom is 0.294 e. The van der Waals surface area contributed by atoms with E-state index in [0.29, 0.717) is 0 Å². The summed E-state index contributed by atoms with van der Waals surface area (Å²) in [5, 5.41) is 2.90. The Morgan fingerprint density at radius 1 is 1.21 bits per heavy atom. The summed E-state index contributed by atoms with van der Waals surface area (Å²) in [4.78, 5) is 11.7. The second-order valence-electron chi connectivity index (χ2n) is 4.81. The highest BCUT2D eigenvalue weighted by atomic mass is 32.2. The van der Waals surface area contributed by atoms with E-state index in [0.717, 1.165) is 25.7 Å². The van der Waals surface area contributed by atoms with Gasteiger partial charge in [0.25, 0.3) is 16.0 Å². The number of nitrogens with one attached hydrogen (secondary N) is 1. The van der Waals surface area contributed by atoms with Gasteiger partial charge in [-0.1, -0.05) is 25.3 Å². The van der Waals surface area contributed by atoms with E-state index in [9.17, 15) is 13.2 Å². The van der Waals surface area contributed by atoms with Gasteiger partial charge in [0.15, 0.2) is 0 Å². The molecular formula is C13H17NO4S. The van der Waals surface area contributed by atoms with Crippen LogP contribution in [-0.4, -0.2) is 24.9 Å². The van der Waals surface area contributed by atoms with Crippen molar-refractivity contribution in [1.82, 2.24) is 5.32 Å². The smallest absolute Gasteiger partial charge is 0.294 e. The molecule has 0 bridgehead atoms. The second kappa shape index (κ2) is 5.71. The van der Waals surface area contributed by atoms with E-state index in [1.165, 1.54) is 30.7 Å². The Kier molecular flexibility index (Phi) is 4.21. The molecule has 1 aliphatic carbocycles. The van der Waals surface area contributed by atoms with Gasteiger partial charge < -0.3 is 5.32 Å². The number of hydrogen-bond donors (Lipinski definition) is 2. The van der Waals surface area contributed by atoms with Crippen LogP contribution in [0.1, 0.15) is 42.5 Å². The molecule has 1 amide bonds. The van der Waals surface area contributed by atoms with Crippen molar-refractivity contribution in [3.8, 4) is 0 Å². The third-order valence-electron chi connectivity index (χ3n) is 3.33. The lowest BCUT2D eigenvalue weighted by Crippen LogP contribution is -2.36. The molecule has 0 spiro atoms. The first-order valence-corrected chi connectivity index (χ1v) is 7.79. The normalized spacial score (nSPS) is 17.1. The zero-order chi connectivity index (χ0) is 13.9. The van der Waals surface area contributed by atoms with Gasteiger partial charge in [-0.2, -0.15) is 8.42 Å². The number of hydrogen-bond acceptors (Lipinski definition) is 3. The van der Waals surface area contributed by atoms with Crippen molar-refractivity contribution in [2.24, 2.45) is 0 Å². The van der Waals surface area contributed by atoms with Gasteiger partial charge >= 0.3 is 0 Å². The molecule has 0 heterocycles. The monoisotopic (exact) mass is 283 g/mol. The van der Waals surface area contributed by atoms with E-state index in [2.05, 4.69) is 5.32 Å². The standard InChI is InChI=1S/C13H17NO4S/c15-13(14-11-6-2-1-3-7-11)10-5-4-8-12(9-10)19(16,17)18/h4-5,8-9,11H,1-3,6-7H2,(H,14,15)(H,16,17,18). The molecule has 5 nitrogen and oxygen atoms in total. The molecule has 1 aliphatic rings. The Morgan fingerprint density at radius 3 is 2.53 bits per heavy atom. The van der Waals surface area contributed by atoms with Crippen molar-refractivity contribution in [1.29, 1.82) is 0 Å². The lowest BCUT2D eigenvalue weighted by Gasteiger charge is -2.22. The fourth-order valence-electron chi connectivity index (χ4n) is 2.31. The van der Waals surface area contributed by atoms with Crippen molar-refractivity contribution in [2.45, 2.75) is 43.0 Å². The first-order chi connectivity index (χ1) is 8.97.